The molecule has 0 spiro atoms. The van der Waals surface area contributed by atoms with E-state index < -0.39 is 0 Å². The molecule has 0 unspecified atom stereocenters. The standard InChI is InChI=1S/C10H18N4/c1-8(2)13-4-5-14-7-12-10(11-3)9(14)6-13/h7-8,11H,4-6H2,1-3H3. The molecule has 0 bridgehead atoms. The van der Waals surface area contributed by atoms with Gasteiger partial charge in [-0.2, -0.15) is 0 Å². The Labute approximate surface area is 84.9 Å². The van der Waals surface area contributed by atoms with Crippen LogP contribution in [0.1, 0.15) is 19.5 Å². The molecule has 1 aromatic heterocycles. The Morgan fingerprint density at radius 2 is 2.21 bits per heavy atom. The summed E-state index contributed by atoms with van der Waals surface area (Å²) < 4.78 is 2.24. The lowest BCUT2D eigenvalue weighted by molar-refractivity contribution is 0.177. The minimum absolute atomic E-state index is 0.614. The number of imidazole rings is 1. The fourth-order valence-electron chi connectivity index (χ4n) is 1.92. The molecule has 78 valence electrons. The lowest BCUT2D eigenvalue weighted by Crippen LogP contribution is -2.38. The van der Waals surface area contributed by atoms with Crippen LogP contribution in [0, 0.1) is 0 Å². The van der Waals surface area contributed by atoms with Crippen molar-refractivity contribution in [3.05, 3.63) is 12.0 Å². The zero-order valence-corrected chi connectivity index (χ0v) is 9.12. The molecule has 0 atom stereocenters. The predicted molar refractivity (Wildman–Crippen MR) is 57.3 cm³/mol. The van der Waals surface area contributed by atoms with Crippen LogP contribution in [0.2, 0.25) is 0 Å². The number of fused-ring (bicyclic) bond motifs is 1. The van der Waals surface area contributed by atoms with Crippen LogP contribution in [-0.4, -0.2) is 34.1 Å². The van der Waals surface area contributed by atoms with E-state index in [1.54, 1.807) is 0 Å². The highest BCUT2D eigenvalue weighted by molar-refractivity contribution is 5.40. The molecule has 1 aromatic rings. The van der Waals surface area contributed by atoms with Gasteiger partial charge in [-0.05, 0) is 13.8 Å². The van der Waals surface area contributed by atoms with E-state index >= 15 is 0 Å². The quantitative estimate of drug-likeness (QED) is 0.766. The van der Waals surface area contributed by atoms with E-state index in [9.17, 15) is 0 Å². The van der Waals surface area contributed by atoms with Gasteiger partial charge in [-0.1, -0.05) is 0 Å². The molecule has 0 radical (unpaired) electrons. The molecule has 0 aliphatic carbocycles. The number of nitrogens with zero attached hydrogens (tertiary/aromatic N) is 3. The van der Waals surface area contributed by atoms with Crippen molar-refractivity contribution in [1.82, 2.24) is 14.5 Å². The van der Waals surface area contributed by atoms with Crippen LogP contribution < -0.4 is 5.32 Å². The predicted octanol–water partition coefficient (Wildman–Crippen LogP) is 1.15. The van der Waals surface area contributed by atoms with Crippen molar-refractivity contribution in [2.75, 3.05) is 18.9 Å². The number of rotatable bonds is 2. The summed E-state index contributed by atoms with van der Waals surface area (Å²) in [6.45, 7) is 7.68. The first-order valence-electron chi connectivity index (χ1n) is 5.18. The van der Waals surface area contributed by atoms with Crippen LogP contribution >= 0.6 is 0 Å². The highest BCUT2D eigenvalue weighted by Gasteiger charge is 2.20. The molecule has 1 N–H and O–H groups in total. The van der Waals surface area contributed by atoms with E-state index in [0.717, 1.165) is 25.5 Å². The van der Waals surface area contributed by atoms with Crippen molar-refractivity contribution in [2.24, 2.45) is 0 Å². The first-order valence-corrected chi connectivity index (χ1v) is 5.18. The summed E-state index contributed by atoms with van der Waals surface area (Å²) in [6.07, 6.45) is 1.93. The Morgan fingerprint density at radius 1 is 1.43 bits per heavy atom. The molecule has 0 aromatic carbocycles. The van der Waals surface area contributed by atoms with Crippen LogP contribution in [0.15, 0.2) is 6.33 Å². The zero-order valence-electron chi connectivity index (χ0n) is 9.12. The molecule has 2 heterocycles. The molecular formula is C10H18N4. The Bertz CT molecular complexity index is 302. The fraction of sp³-hybridized carbons (Fsp3) is 0.700. The second kappa shape index (κ2) is 3.61. The topological polar surface area (TPSA) is 33.1 Å². The maximum atomic E-state index is 4.34. The maximum Gasteiger partial charge on any atom is 0.148 e. The van der Waals surface area contributed by atoms with Gasteiger partial charge < -0.3 is 9.88 Å². The Morgan fingerprint density at radius 3 is 2.86 bits per heavy atom. The van der Waals surface area contributed by atoms with Gasteiger partial charge in [0.2, 0.25) is 0 Å². The largest absolute Gasteiger partial charge is 0.372 e. The third-order valence-corrected chi connectivity index (χ3v) is 2.89. The van der Waals surface area contributed by atoms with E-state index in [4.69, 9.17) is 0 Å². The Kier molecular flexibility index (Phi) is 2.46. The summed E-state index contributed by atoms with van der Waals surface area (Å²) in [5.74, 6) is 1.02. The van der Waals surface area contributed by atoms with Crippen LogP contribution in [0.4, 0.5) is 5.82 Å². The van der Waals surface area contributed by atoms with Crippen LogP contribution in [-0.2, 0) is 13.1 Å². The van der Waals surface area contributed by atoms with E-state index in [-0.39, 0.29) is 0 Å². The van der Waals surface area contributed by atoms with Gasteiger partial charge in [0.05, 0.1) is 12.0 Å². The van der Waals surface area contributed by atoms with E-state index in [2.05, 4.69) is 33.6 Å². The third kappa shape index (κ3) is 1.50. The maximum absolute atomic E-state index is 4.34. The van der Waals surface area contributed by atoms with E-state index in [1.807, 2.05) is 13.4 Å². The van der Waals surface area contributed by atoms with Gasteiger partial charge in [0, 0.05) is 32.7 Å². The summed E-state index contributed by atoms with van der Waals surface area (Å²) in [5.41, 5.74) is 1.31. The average Bonchev–Trinajstić information content (AvgIpc) is 2.59. The summed E-state index contributed by atoms with van der Waals surface area (Å²) in [4.78, 5) is 6.81. The minimum Gasteiger partial charge on any atom is -0.372 e. The third-order valence-electron chi connectivity index (χ3n) is 2.89. The molecule has 2 rings (SSSR count). The highest BCUT2D eigenvalue weighted by atomic mass is 15.2. The van der Waals surface area contributed by atoms with Gasteiger partial charge in [-0.25, -0.2) is 4.98 Å². The van der Waals surface area contributed by atoms with Crippen molar-refractivity contribution >= 4 is 5.82 Å². The van der Waals surface area contributed by atoms with E-state index in [1.165, 1.54) is 5.69 Å². The lowest BCUT2D eigenvalue weighted by atomic mass is 10.2. The van der Waals surface area contributed by atoms with Crippen molar-refractivity contribution in [1.29, 1.82) is 0 Å². The number of anilines is 1. The van der Waals surface area contributed by atoms with Crippen molar-refractivity contribution in [3.8, 4) is 0 Å². The molecule has 4 heteroatoms. The summed E-state index contributed by atoms with van der Waals surface area (Å²) in [6, 6.07) is 0.614. The normalized spacial score (nSPS) is 17.1. The number of hydrogen-bond donors (Lipinski definition) is 1. The average molecular weight is 194 g/mol. The molecule has 0 saturated heterocycles. The smallest absolute Gasteiger partial charge is 0.148 e. The molecule has 1 aliphatic heterocycles. The summed E-state index contributed by atoms with van der Waals surface area (Å²) >= 11 is 0. The Hall–Kier alpha value is -1.03. The molecular weight excluding hydrogens is 176 g/mol. The molecule has 14 heavy (non-hydrogen) atoms. The minimum atomic E-state index is 0.614. The van der Waals surface area contributed by atoms with Gasteiger partial charge in [-0.15, -0.1) is 0 Å². The van der Waals surface area contributed by atoms with Crippen molar-refractivity contribution in [2.45, 2.75) is 33.0 Å². The fourth-order valence-corrected chi connectivity index (χ4v) is 1.92. The molecule has 1 aliphatic rings. The van der Waals surface area contributed by atoms with Crippen LogP contribution in [0.3, 0.4) is 0 Å². The summed E-state index contributed by atoms with van der Waals surface area (Å²) in [5, 5.41) is 3.14. The van der Waals surface area contributed by atoms with Gasteiger partial charge in [0.15, 0.2) is 0 Å². The van der Waals surface area contributed by atoms with Crippen molar-refractivity contribution < 1.29 is 0 Å². The molecule has 0 saturated carbocycles. The van der Waals surface area contributed by atoms with Gasteiger partial charge >= 0.3 is 0 Å². The second-order valence-electron chi connectivity index (χ2n) is 4.05. The van der Waals surface area contributed by atoms with Crippen LogP contribution in [0.5, 0.6) is 0 Å². The number of nitrogens with one attached hydrogen (secondary N) is 1. The lowest BCUT2D eigenvalue weighted by Gasteiger charge is -2.31. The second-order valence-corrected chi connectivity index (χ2v) is 4.05. The van der Waals surface area contributed by atoms with Gasteiger partial charge in [0.1, 0.15) is 5.82 Å². The molecule has 0 amide bonds. The SMILES string of the molecule is CNc1ncn2c1CN(C(C)C)CC2. The van der Waals surface area contributed by atoms with Crippen LogP contribution in [0.25, 0.3) is 0 Å². The first-order chi connectivity index (χ1) is 6.72. The molecule has 4 nitrogen and oxygen atoms in total. The Balaban J connectivity index is 2.23. The monoisotopic (exact) mass is 194 g/mol. The highest BCUT2D eigenvalue weighted by Crippen LogP contribution is 2.20. The number of hydrogen-bond acceptors (Lipinski definition) is 3. The zero-order chi connectivity index (χ0) is 10.1. The van der Waals surface area contributed by atoms with Crippen molar-refractivity contribution in [3.63, 3.8) is 0 Å². The summed E-state index contributed by atoms with van der Waals surface area (Å²) in [7, 11) is 1.93. The molecule has 0 fully saturated rings. The van der Waals surface area contributed by atoms with Gasteiger partial charge in [0.25, 0.3) is 0 Å². The van der Waals surface area contributed by atoms with E-state index in [0.29, 0.717) is 6.04 Å². The van der Waals surface area contributed by atoms with Gasteiger partial charge in [-0.3, -0.25) is 4.90 Å². The first kappa shape index (κ1) is 9.52. The number of aromatic nitrogens is 2.